The predicted molar refractivity (Wildman–Crippen MR) is 91.6 cm³/mol. The maximum Gasteiger partial charge on any atom is 0.233 e. The molecule has 1 atom stereocenters. The Kier molecular flexibility index (Phi) is 6.60. The molecule has 0 saturated heterocycles. The molecular formula is C19H24N2O2. The summed E-state index contributed by atoms with van der Waals surface area (Å²) in [7, 11) is 1.63. The van der Waals surface area contributed by atoms with Gasteiger partial charge in [0, 0.05) is 12.7 Å². The van der Waals surface area contributed by atoms with Crippen molar-refractivity contribution < 1.29 is 9.53 Å². The first-order valence-electron chi connectivity index (χ1n) is 8.09. The molecule has 0 aliphatic rings. The molecule has 2 aromatic rings. The number of pyridine rings is 1. The van der Waals surface area contributed by atoms with Crippen LogP contribution in [0.15, 0.2) is 48.7 Å². The summed E-state index contributed by atoms with van der Waals surface area (Å²) in [6.07, 6.45) is 4.98. The van der Waals surface area contributed by atoms with E-state index in [1.54, 1.807) is 13.3 Å². The first-order chi connectivity index (χ1) is 11.3. The van der Waals surface area contributed by atoms with E-state index in [-0.39, 0.29) is 5.91 Å². The van der Waals surface area contributed by atoms with Gasteiger partial charge in [0.05, 0.1) is 12.8 Å². The molecule has 1 unspecified atom stereocenters. The molecule has 1 amide bonds. The van der Waals surface area contributed by atoms with E-state index >= 15 is 0 Å². The summed E-state index contributed by atoms with van der Waals surface area (Å²) in [5.41, 5.74) is 1.67. The highest BCUT2D eigenvalue weighted by Crippen LogP contribution is 2.25. The van der Waals surface area contributed by atoms with Gasteiger partial charge >= 0.3 is 0 Å². The zero-order chi connectivity index (χ0) is 16.5. The maximum absolute atomic E-state index is 12.7. The Morgan fingerprint density at radius 3 is 2.57 bits per heavy atom. The average molecular weight is 312 g/mol. The number of ether oxygens (including phenoxy) is 1. The molecular weight excluding hydrogens is 288 g/mol. The first kappa shape index (κ1) is 17.0. The Hall–Kier alpha value is -2.36. The number of benzene rings is 1. The van der Waals surface area contributed by atoms with Crippen LogP contribution in [0.2, 0.25) is 0 Å². The molecule has 1 heterocycles. The Morgan fingerprint density at radius 1 is 1.17 bits per heavy atom. The van der Waals surface area contributed by atoms with Crippen molar-refractivity contribution in [2.24, 2.45) is 0 Å². The molecule has 0 bridgehead atoms. The second kappa shape index (κ2) is 8.93. The largest absolute Gasteiger partial charge is 0.497 e. The third-order valence-electron chi connectivity index (χ3n) is 3.77. The summed E-state index contributed by atoms with van der Waals surface area (Å²) < 4.78 is 5.19. The van der Waals surface area contributed by atoms with E-state index in [1.165, 1.54) is 0 Å². The van der Waals surface area contributed by atoms with Crippen LogP contribution in [0.25, 0.3) is 0 Å². The Bertz CT molecular complexity index is 597. The smallest absolute Gasteiger partial charge is 0.233 e. The van der Waals surface area contributed by atoms with Crippen molar-refractivity contribution in [3.8, 4) is 5.75 Å². The molecule has 0 fully saturated rings. The van der Waals surface area contributed by atoms with E-state index in [0.29, 0.717) is 6.54 Å². The van der Waals surface area contributed by atoms with Crippen LogP contribution >= 0.6 is 0 Å². The van der Waals surface area contributed by atoms with Crippen LogP contribution in [0.1, 0.15) is 43.4 Å². The number of hydrogen-bond donors (Lipinski definition) is 1. The number of rotatable bonds is 8. The summed E-state index contributed by atoms with van der Waals surface area (Å²) in [5.74, 6) is 0.366. The second-order valence-corrected chi connectivity index (χ2v) is 5.46. The quantitative estimate of drug-likeness (QED) is 0.759. The lowest BCUT2D eigenvalue weighted by molar-refractivity contribution is -0.121. The minimum absolute atomic E-state index is 0.00929. The lowest BCUT2D eigenvalue weighted by Crippen LogP contribution is -2.31. The minimum atomic E-state index is -0.399. The van der Waals surface area contributed by atoms with Gasteiger partial charge in [0.2, 0.25) is 5.91 Å². The molecule has 0 aliphatic carbocycles. The number of aromatic nitrogens is 1. The Labute approximate surface area is 137 Å². The molecule has 0 aliphatic heterocycles. The van der Waals surface area contributed by atoms with E-state index in [9.17, 15) is 4.79 Å². The fourth-order valence-corrected chi connectivity index (χ4v) is 2.49. The number of carbonyl (C=O) groups is 1. The lowest BCUT2D eigenvalue weighted by Gasteiger charge is -2.17. The molecule has 2 rings (SSSR count). The number of amides is 1. The van der Waals surface area contributed by atoms with E-state index < -0.39 is 5.92 Å². The van der Waals surface area contributed by atoms with Crippen LogP contribution in [0.5, 0.6) is 5.75 Å². The van der Waals surface area contributed by atoms with E-state index in [2.05, 4.69) is 17.2 Å². The van der Waals surface area contributed by atoms with E-state index in [4.69, 9.17) is 4.74 Å². The number of methoxy groups -OCH3 is 1. The number of nitrogens with one attached hydrogen (secondary N) is 1. The Balaban J connectivity index is 2.19. The molecule has 0 saturated carbocycles. The molecule has 4 nitrogen and oxygen atoms in total. The van der Waals surface area contributed by atoms with Gasteiger partial charge in [-0.05, 0) is 36.2 Å². The predicted octanol–water partition coefficient (Wildman–Crippen LogP) is 3.53. The topological polar surface area (TPSA) is 51.2 Å². The molecule has 0 radical (unpaired) electrons. The standard InChI is InChI=1S/C19H24N2O2/c1-3-4-6-14-21-19(22)18(17-8-5-7-13-20-17)15-9-11-16(23-2)12-10-15/h5,7-13,18H,3-4,6,14H2,1-2H3,(H,21,22). The fraction of sp³-hybridized carbons (Fsp3) is 0.368. The number of carbonyl (C=O) groups excluding carboxylic acids is 1. The van der Waals surface area contributed by atoms with E-state index in [1.807, 2.05) is 42.5 Å². The molecule has 122 valence electrons. The van der Waals surface area contributed by atoms with Crippen LogP contribution in [0.4, 0.5) is 0 Å². The second-order valence-electron chi connectivity index (χ2n) is 5.46. The van der Waals surface area contributed by atoms with E-state index in [0.717, 1.165) is 36.3 Å². The molecule has 1 aromatic carbocycles. The van der Waals surface area contributed by atoms with Gasteiger partial charge in [-0.1, -0.05) is 38.0 Å². The highest BCUT2D eigenvalue weighted by atomic mass is 16.5. The van der Waals surface area contributed by atoms with Crippen molar-refractivity contribution >= 4 is 5.91 Å². The molecule has 0 spiro atoms. The summed E-state index contributed by atoms with van der Waals surface area (Å²) in [6, 6.07) is 13.2. The van der Waals surface area contributed by atoms with Crippen molar-refractivity contribution in [2.45, 2.75) is 32.1 Å². The summed E-state index contributed by atoms with van der Waals surface area (Å²) in [4.78, 5) is 17.1. The number of hydrogen-bond acceptors (Lipinski definition) is 3. The third-order valence-corrected chi connectivity index (χ3v) is 3.77. The van der Waals surface area contributed by atoms with Gasteiger partial charge in [-0.15, -0.1) is 0 Å². The van der Waals surface area contributed by atoms with Crippen LogP contribution in [-0.4, -0.2) is 24.5 Å². The van der Waals surface area contributed by atoms with Crippen LogP contribution in [0, 0.1) is 0 Å². The van der Waals surface area contributed by atoms with Crippen molar-refractivity contribution in [3.05, 3.63) is 59.9 Å². The molecule has 1 N–H and O–H groups in total. The van der Waals surface area contributed by atoms with Crippen molar-refractivity contribution in [3.63, 3.8) is 0 Å². The monoisotopic (exact) mass is 312 g/mol. The van der Waals surface area contributed by atoms with Gasteiger partial charge < -0.3 is 10.1 Å². The zero-order valence-electron chi connectivity index (χ0n) is 13.8. The van der Waals surface area contributed by atoms with Crippen LogP contribution < -0.4 is 10.1 Å². The van der Waals surface area contributed by atoms with Crippen LogP contribution in [0.3, 0.4) is 0 Å². The Morgan fingerprint density at radius 2 is 1.96 bits per heavy atom. The van der Waals surface area contributed by atoms with Crippen molar-refractivity contribution in [1.29, 1.82) is 0 Å². The summed E-state index contributed by atoms with van der Waals surface area (Å²) in [6.45, 7) is 2.85. The van der Waals surface area contributed by atoms with Gasteiger partial charge in [0.25, 0.3) is 0 Å². The third kappa shape index (κ3) is 4.81. The highest BCUT2D eigenvalue weighted by molar-refractivity contribution is 5.86. The highest BCUT2D eigenvalue weighted by Gasteiger charge is 2.23. The number of unbranched alkanes of at least 4 members (excludes halogenated alkanes) is 2. The summed E-state index contributed by atoms with van der Waals surface area (Å²) >= 11 is 0. The lowest BCUT2D eigenvalue weighted by atomic mass is 9.94. The van der Waals surface area contributed by atoms with Crippen LogP contribution in [-0.2, 0) is 4.79 Å². The SMILES string of the molecule is CCCCCNC(=O)C(c1ccc(OC)cc1)c1ccccn1. The van der Waals surface area contributed by atoms with Crippen molar-refractivity contribution in [1.82, 2.24) is 10.3 Å². The van der Waals surface area contributed by atoms with Gasteiger partial charge in [-0.3, -0.25) is 9.78 Å². The normalized spacial score (nSPS) is 11.7. The summed E-state index contributed by atoms with van der Waals surface area (Å²) in [5, 5.41) is 3.03. The maximum atomic E-state index is 12.7. The first-order valence-corrected chi connectivity index (χ1v) is 8.09. The molecule has 1 aromatic heterocycles. The number of nitrogens with zero attached hydrogens (tertiary/aromatic N) is 1. The van der Waals surface area contributed by atoms with Crippen molar-refractivity contribution in [2.75, 3.05) is 13.7 Å². The molecule has 23 heavy (non-hydrogen) atoms. The van der Waals surface area contributed by atoms with Gasteiger partial charge in [-0.25, -0.2) is 0 Å². The zero-order valence-corrected chi connectivity index (χ0v) is 13.8. The van der Waals surface area contributed by atoms with Gasteiger partial charge in [0.1, 0.15) is 11.7 Å². The minimum Gasteiger partial charge on any atom is -0.497 e. The van der Waals surface area contributed by atoms with Gasteiger partial charge in [-0.2, -0.15) is 0 Å². The average Bonchev–Trinajstić information content (AvgIpc) is 2.60. The fourth-order valence-electron chi connectivity index (χ4n) is 2.49. The van der Waals surface area contributed by atoms with Gasteiger partial charge in [0.15, 0.2) is 0 Å². The molecule has 4 heteroatoms.